The number of carbonyl (C=O) groups is 2. The highest BCUT2D eigenvalue weighted by Crippen LogP contribution is 2.15. The van der Waals surface area contributed by atoms with Crippen LogP contribution in [0.1, 0.15) is 21.1 Å². The molecule has 1 amide bonds. The van der Waals surface area contributed by atoms with Gasteiger partial charge in [0.1, 0.15) is 11.4 Å². The third kappa shape index (κ3) is 4.79. The number of ether oxygens (including phenoxy) is 1. The smallest absolute Gasteiger partial charge is 0.310 e. The molecule has 0 aliphatic carbocycles. The topological polar surface area (TPSA) is 88.5 Å². The Hall–Kier alpha value is -2.41. The molecule has 2 aromatic rings. The second-order valence-electron chi connectivity index (χ2n) is 5.05. The van der Waals surface area contributed by atoms with Crippen molar-refractivity contribution in [2.24, 2.45) is 5.92 Å². The highest BCUT2D eigenvalue weighted by Gasteiger charge is 2.21. The number of nitrogens with one attached hydrogen (secondary N) is 1. The number of esters is 1. The second-order valence-corrected chi connectivity index (χ2v) is 6.11. The van der Waals surface area contributed by atoms with Gasteiger partial charge in [0.15, 0.2) is 0 Å². The summed E-state index contributed by atoms with van der Waals surface area (Å²) in [6, 6.07) is 6.58. The molecular formula is C16H18N2O4S. The van der Waals surface area contributed by atoms with E-state index in [-0.39, 0.29) is 18.2 Å². The molecule has 0 radical (unpaired) electrons. The van der Waals surface area contributed by atoms with E-state index in [4.69, 9.17) is 4.74 Å². The summed E-state index contributed by atoms with van der Waals surface area (Å²) in [5.41, 5.74) is 1.22. The fourth-order valence-electron chi connectivity index (χ4n) is 2.10. The number of carbonyl (C=O) groups excluding carboxylic acids is 2. The Balaban J connectivity index is 1.99. The summed E-state index contributed by atoms with van der Waals surface area (Å²) in [5, 5.41) is 14.5. The molecule has 0 saturated carbocycles. The molecule has 2 N–H and O–H groups in total. The van der Waals surface area contributed by atoms with Crippen molar-refractivity contribution in [1.29, 1.82) is 0 Å². The number of hydrogen-bond donors (Lipinski definition) is 2. The quantitative estimate of drug-likeness (QED) is 0.788. The van der Waals surface area contributed by atoms with E-state index >= 15 is 0 Å². The molecule has 122 valence electrons. The predicted octanol–water partition coefficient (Wildman–Crippen LogP) is 1.92. The lowest BCUT2D eigenvalue weighted by atomic mass is 9.99. The maximum atomic E-state index is 12.0. The van der Waals surface area contributed by atoms with Gasteiger partial charge in [-0.15, -0.1) is 11.3 Å². The minimum absolute atomic E-state index is 0.156. The summed E-state index contributed by atoms with van der Waals surface area (Å²) in [5.74, 6) is -1.05. The summed E-state index contributed by atoms with van der Waals surface area (Å²) >= 11 is 1.39. The molecule has 23 heavy (non-hydrogen) atoms. The van der Waals surface area contributed by atoms with E-state index in [1.54, 1.807) is 29.6 Å². The average Bonchev–Trinajstić information content (AvgIpc) is 2.98. The van der Waals surface area contributed by atoms with Gasteiger partial charge >= 0.3 is 5.97 Å². The van der Waals surface area contributed by atoms with E-state index in [1.807, 2.05) is 6.92 Å². The Kier molecular flexibility index (Phi) is 5.70. The van der Waals surface area contributed by atoms with Crippen molar-refractivity contribution in [3.8, 4) is 5.75 Å². The Morgan fingerprint density at radius 2 is 2.04 bits per heavy atom. The maximum Gasteiger partial charge on any atom is 0.310 e. The van der Waals surface area contributed by atoms with Gasteiger partial charge < -0.3 is 15.2 Å². The van der Waals surface area contributed by atoms with Crippen molar-refractivity contribution in [2.75, 3.05) is 13.7 Å². The van der Waals surface area contributed by atoms with Crippen LogP contribution in [-0.4, -0.2) is 35.6 Å². The lowest BCUT2D eigenvalue weighted by Crippen LogP contribution is -2.34. The fraction of sp³-hybridized carbons (Fsp3) is 0.312. The number of thiazole rings is 1. The molecule has 1 aromatic carbocycles. The number of phenolic OH excluding ortho intramolecular Hbond substituents is 1. The van der Waals surface area contributed by atoms with Crippen LogP contribution in [0.15, 0.2) is 29.6 Å². The molecule has 1 atom stereocenters. The Morgan fingerprint density at radius 1 is 1.35 bits per heavy atom. The first-order valence-electron chi connectivity index (χ1n) is 7.05. The lowest BCUT2D eigenvalue weighted by Gasteiger charge is -2.15. The second kappa shape index (κ2) is 7.73. The first-order valence-corrected chi connectivity index (χ1v) is 7.93. The number of amides is 1. The van der Waals surface area contributed by atoms with E-state index < -0.39 is 11.9 Å². The van der Waals surface area contributed by atoms with Crippen molar-refractivity contribution in [1.82, 2.24) is 10.3 Å². The minimum atomic E-state index is -0.506. The van der Waals surface area contributed by atoms with E-state index in [1.165, 1.54) is 18.4 Å². The molecule has 6 nitrogen and oxygen atoms in total. The third-order valence-electron chi connectivity index (χ3n) is 3.31. The van der Waals surface area contributed by atoms with Gasteiger partial charge in [-0.2, -0.15) is 0 Å². The van der Waals surface area contributed by atoms with Crippen LogP contribution in [0.4, 0.5) is 0 Å². The van der Waals surface area contributed by atoms with E-state index in [0.29, 0.717) is 12.1 Å². The Morgan fingerprint density at radius 3 is 2.61 bits per heavy atom. The number of aromatic hydroxyl groups is 1. The van der Waals surface area contributed by atoms with E-state index in [0.717, 1.165) is 10.6 Å². The lowest BCUT2D eigenvalue weighted by molar-refractivity contribution is -0.145. The zero-order valence-electron chi connectivity index (χ0n) is 12.9. The van der Waals surface area contributed by atoms with Crippen LogP contribution >= 0.6 is 11.3 Å². The third-order valence-corrected chi connectivity index (χ3v) is 4.09. The molecule has 0 aliphatic heterocycles. The largest absolute Gasteiger partial charge is 0.508 e. The van der Waals surface area contributed by atoms with Gasteiger partial charge in [-0.1, -0.05) is 12.1 Å². The molecule has 1 aromatic heterocycles. The summed E-state index contributed by atoms with van der Waals surface area (Å²) in [6.07, 6.45) is 0.406. The van der Waals surface area contributed by atoms with Gasteiger partial charge in [0, 0.05) is 11.9 Å². The molecule has 0 fully saturated rings. The average molecular weight is 334 g/mol. The molecule has 2 rings (SSSR count). The summed E-state index contributed by atoms with van der Waals surface area (Å²) in [7, 11) is 1.32. The van der Waals surface area contributed by atoms with Crippen LogP contribution in [-0.2, 0) is 16.0 Å². The van der Waals surface area contributed by atoms with Gasteiger partial charge in [0.05, 0.1) is 18.0 Å². The highest BCUT2D eigenvalue weighted by molar-refractivity contribution is 7.09. The van der Waals surface area contributed by atoms with Gasteiger partial charge in [-0.05, 0) is 31.0 Å². The van der Waals surface area contributed by atoms with Crippen molar-refractivity contribution < 1.29 is 19.4 Å². The molecule has 0 aliphatic rings. The SMILES string of the molecule is COC(=O)C(CNC(=O)c1csc(C)n1)Cc1ccc(O)cc1. The number of phenols is 1. The number of rotatable bonds is 6. The van der Waals surface area contributed by atoms with E-state index in [2.05, 4.69) is 10.3 Å². The number of aryl methyl sites for hydroxylation is 1. The van der Waals surface area contributed by atoms with Crippen LogP contribution in [0.25, 0.3) is 0 Å². The summed E-state index contributed by atoms with van der Waals surface area (Å²) < 4.78 is 4.80. The van der Waals surface area contributed by atoms with Gasteiger partial charge in [-0.3, -0.25) is 9.59 Å². The fourth-order valence-corrected chi connectivity index (χ4v) is 2.69. The van der Waals surface area contributed by atoms with E-state index in [9.17, 15) is 14.7 Å². The Bertz CT molecular complexity index is 682. The van der Waals surface area contributed by atoms with Gasteiger partial charge in [0.25, 0.3) is 5.91 Å². The number of aromatic nitrogens is 1. The standard InChI is InChI=1S/C16H18N2O4S/c1-10-18-14(9-23-10)15(20)17-8-12(16(21)22-2)7-11-3-5-13(19)6-4-11/h3-6,9,12,19H,7-8H2,1-2H3,(H,17,20). The predicted molar refractivity (Wildman–Crippen MR) is 86.5 cm³/mol. The molecule has 0 spiro atoms. The van der Waals surface area contributed by atoms with Crippen LogP contribution in [0.2, 0.25) is 0 Å². The van der Waals surface area contributed by atoms with Crippen molar-refractivity contribution in [3.05, 3.63) is 45.9 Å². The molecule has 0 saturated heterocycles. The molecule has 7 heteroatoms. The van der Waals surface area contributed by atoms with Crippen LogP contribution < -0.4 is 5.32 Å². The Labute approximate surface area is 138 Å². The van der Waals surface area contributed by atoms with Crippen molar-refractivity contribution in [2.45, 2.75) is 13.3 Å². The normalized spacial score (nSPS) is 11.7. The monoisotopic (exact) mass is 334 g/mol. The van der Waals surface area contributed by atoms with Crippen LogP contribution in [0.3, 0.4) is 0 Å². The zero-order chi connectivity index (χ0) is 16.8. The highest BCUT2D eigenvalue weighted by atomic mass is 32.1. The van der Waals surface area contributed by atoms with Crippen molar-refractivity contribution >= 4 is 23.2 Å². The molecule has 1 unspecified atom stereocenters. The van der Waals surface area contributed by atoms with Crippen molar-refractivity contribution in [3.63, 3.8) is 0 Å². The molecule has 1 heterocycles. The molecular weight excluding hydrogens is 316 g/mol. The summed E-state index contributed by atoms with van der Waals surface area (Å²) in [6.45, 7) is 1.98. The minimum Gasteiger partial charge on any atom is -0.508 e. The number of methoxy groups -OCH3 is 1. The van der Waals surface area contributed by atoms with Crippen LogP contribution in [0.5, 0.6) is 5.75 Å². The summed E-state index contributed by atoms with van der Waals surface area (Å²) in [4.78, 5) is 28.0. The maximum absolute atomic E-state index is 12.0. The zero-order valence-corrected chi connectivity index (χ0v) is 13.7. The first-order chi connectivity index (χ1) is 11.0. The molecule has 0 bridgehead atoms. The van der Waals surface area contributed by atoms with Gasteiger partial charge in [0.2, 0.25) is 0 Å². The first kappa shape index (κ1) is 17.0. The number of hydrogen-bond acceptors (Lipinski definition) is 6. The number of benzene rings is 1. The van der Waals surface area contributed by atoms with Crippen LogP contribution in [0, 0.1) is 12.8 Å². The van der Waals surface area contributed by atoms with Gasteiger partial charge in [-0.25, -0.2) is 4.98 Å². The number of nitrogens with zero attached hydrogens (tertiary/aromatic N) is 1.